The molecule has 0 saturated carbocycles. The Labute approximate surface area is 297 Å². The summed E-state index contributed by atoms with van der Waals surface area (Å²) in [5.41, 5.74) is -1.94. The Morgan fingerprint density at radius 3 is 2.14 bits per heavy atom. The van der Waals surface area contributed by atoms with E-state index in [-0.39, 0.29) is 40.9 Å². The van der Waals surface area contributed by atoms with Crippen LogP contribution in [0.5, 0.6) is 0 Å². The second-order valence-corrected chi connectivity index (χ2v) is 27.0. The number of hydrogen-bond donors (Lipinski definition) is 1. The number of benzene rings is 1. The Kier molecular flexibility index (Phi) is 11.1. The van der Waals surface area contributed by atoms with Crippen LogP contribution in [0.15, 0.2) is 57.2 Å². The molecule has 4 rings (SSSR count). The van der Waals surface area contributed by atoms with Crippen LogP contribution >= 0.6 is 0 Å². The van der Waals surface area contributed by atoms with Crippen molar-refractivity contribution in [3.63, 3.8) is 0 Å². The van der Waals surface area contributed by atoms with E-state index in [2.05, 4.69) is 5.32 Å². The molecule has 16 heteroatoms. The number of esters is 1. The summed E-state index contributed by atoms with van der Waals surface area (Å²) in [6.45, 7) is 21.8. The lowest BCUT2D eigenvalue weighted by Crippen LogP contribution is -2.61. The fourth-order valence-corrected chi connectivity index (χ4v) is 8.89. The number of aromatic nitrogens is 2. The van der Waals surface area contributed by atoms with Gasteiger partial charge in [0, 0.05) is 25.4 Å². The lowest BCUT2D eigenvalue weighted by atomic mass is 9.93. The summed E-state index contributed by atoms with van der Waals surface area (Å²) < 4.78 is 61.4. The highest BCUT2D eigenvalue weighted by Gasteiger charge is 2.69. The lowest BCUT2D eigenvalue weighted by Gasteiger charge is -2.45. The Hall–Kier alpha value is -2.87. The highest BCUT2D eigenvalue weighted by molar-refractivity contribution is 7.90. The van der Waals surface area contributed by atoms with Crippen LogP contribution in [0.2, 0.25) is 36.3 Å². The molecule has 3 unspecified atom stereocenters. The number of carbonyl (C=O) groups excluding carboxylic acids is 1. The van der Waals surface area contributed by atoms with Crippen LogP contribution in [0.25, 0.3) is 0 Å². The van der Waals surface area contributed by atoms with E-state index in [1.807, 2.05) is 98.1 Å². The van der Waals surface area contributed by atoms with E-state index in [0.717, 1.165) is 15.5 Å². The zero-order valence-electron chi connectivity index (χ0n) is 31.3. The highest BCUT2D eigenvalue weighted by atomic mass is 32.2. The monoisotopic (exact) mass is 751 g/mol. The molecule has 1 N–H and O–H groups in total. The fourth-order valence-electron chi connectivity index (χ4n) is 5.24. The van der Waals surface area contributed by atoms with Gasteiger partial charge in [0.15, 0.2) is 29.2 Å². The summed E-state index contributed by atoms with van der Waals surface area (Å²) in [6, 6.07) is 9.26. The van der Waals surface area contributed by atoms with Crippen molar-refractivity contribution in [2.45, 2.75) is 122 Å². The van der Waals surface area contributed by atoms with Gasteiger partial charge in [0.25, 0.3) is 15.7 Å². The van der Waals surface area contributed by atoms with E-state index in [9.17, 15) is 22.8 Å². The first-order valence-electron chi connectivity index (χ1n) is 16.7. The van der Waals surface area contributed by atoms with Crippen molar-refractivity contribution in [2.24, 2.45) is 7.05 Å². The minimum atomic E-state index is -4.36. The molecule has 2 aliphatic heterocycles. The number of rotatable bonds is 11. The molecule has 3 heterocycles. The standard InChI is InChI=1S/C34H53N3O10SSi2/c1-23-20-37(31(40)36(8)28(23)39)29-27(45-49(9,10)32(2,3)4)34(30(44-29)46-50(11,12)33(5,6)7)25(22-48(41,42)47-34)35-19-18-26(38)43-21-24-16-14-13-15-17-24/h13-17,20,22,27,29-30,35H,18-19,21H2,1-12H3/t27?,29-,30?,34?/m1/s1. The Morgan fingerprint density at radius 2 is 1.56 bits per heavy atom. The predicted molar refractivity (Wildman–Crippen MR) is 195 cm³/mol. The summed E-state index contributed by atoms with van der Waals surface area (Å²) in [5.74, 6) is -0.492. The quantitative estimate of drug-likeness (QED) is 0.192. The van der Waals surface area contributed by atoms with Crippen molar-refractivity contribution >= 4 is 32.7 Å². The van der Waals surface area contributed by atoms with Gasteiger partial charge in [-0.25, -0.2) is 8.98 Å². The lowest BCUT2D eigenvalue weighted by molar-refractivity contribution is -0.148. The predicted octanol–water partition coefficient (Wildman–Crippen LogP) is 4.79. The molecule has 1 spiro atoms. The van der Waals surface area contributed by atoms with Gasteiger partial charge >= 0.3 is 11.7 Å². The van der Waals surface area contributed by atoms with Gasteiger partial charge in [-0.15, -0.1) is 0 Å². The Bertz CT molecular complexity index is 1840. The maximum Gasteiger partial charge on any atom is 0.332 e. The summed E-state index contributed by atoms with van der Waals surface area (Å²) in [6.07, 6.45) is -2.61. The van der Waals surface area contributed by atoms with E-state index in [1.54, 1.807) is 6.92 Å². The van der Waals surface area contributed by atoms with Gasteiger partial charge in [-0.05, 0) is 48.8 Å². The molecule has 1 aromatic carbocycles. The van der Waals surface area contributed by atoms with Crippen molar-refractivity contribution in [1.82, 2.24) is 14.5 Å². The molecule has 4 atom stereocenters. The number of carbonyl (C=O) groups is 1. The fraction of sp³-hybridized carbons (Fsp3) is 0.618. The molecule has 0 amide bonds. The van der Waals surface area contributed by atoms with Gasteiger partial charge in [0.05, 0.1) is 17.5 Å². The number of hydrogen-bond acceptors (Lipinski definition) is 11. The number of nitrogens with zero attached hydrogens (tertiary/aromatic N) is 2. The van der Waals surface area contributed by atoms with Crippen molar-refractivity contribution in [2.75, 3.05) is 6.54 Å². The van der Waals surface area contributed by atoms with Crippen molar-refractivity contribution < 1.29 is 35.7 Å². The molecule has 0 bridgehead atoms. The number of ether oxygens (including phenoxy) is 2. The van der Waals surface area contributed by atoms with Crippen LogP contribution < -0.4 is 16.6 Å². The Morgan fingerprint density at radius 1 is 0.980 bits per heavy atom. The van der Waals surface area contributed by atoms with Crippen LogP contribution in [0.4, 0.5) is 0 Å². The normalized spacial score (nSPS) is 24.0. The van der Waals surface area contributed by atoms with Crippen molar-refractivity contribution in [3.05, 3.63) is 79.6 Å². The van der Waals surface area contributed by atoms with Gasteiger partial charge in [-0.1, -0.05) is 71.9 Å². The van der Waals surface area contributed by atoms with Crippen molar-refractivity contribution in [3.8, 4) is 0 Å². The SMILES string of the molecule is Cc1cn([C@@H]2OC(O[Si](C)(C)C(C)(C)C)C3(OS(=O)(=O)C=C3NCCC(=O)OCc3ccccc3)C2O[Si](C)(C)C(C)(C)C)c(=O)n(C)c1=O. The number of aryl methyl sites for hydroxylation is 1. The molecule has 1 aromatic heterocycles. The van der Waals surface area contributed by atoms with E-state index in [1.165, 1.54) is 17.8 Å². The maximum atomic E-state index is 13.7. The average molecular weight is 752 g/mol. The van der Waals surface area contributed by atoms with Crippen LogP contribution in [-0.4, -0.2) is 64.7 Å². The second-order valence-electron chi connectivity index (χ2n) is 16.1. The minimum Gasteiger partial charge on any atom is -0.461 e. The van der Waals surface area contributed by atoms with E-state index in [0.29, 0.717) is 0 Å². The van der Waals surface area contributed by atoms with Crippen LogP contribution in [0.1, 0.15) is 65.3 Å². The molecule has 0 radical (unpaired) electrons. The first-order chi connectivity index (χ1) is 22.8. The maximum absolute atomic E-state index is 13.7. The van der Waals surface area contributed by atoms with Gasteiger partial charge < -0.3 is 23.6 Å². The molecule has 13 nitrogen and oxygen atoms in total. The summed E-state index contributed by atoms with van der Waals surface area (Å²) in [4.78, 5) is 39.3. The highest BCUT2D eigenvalue weighted by Crippen LogP contribution is 2.54. The third-order valence-corrected chi connectivity index (χ3v) is 20.2. The smallest absolute Gasteiger partial charge is 0.332 e. The van der Waals surface area contributed by atoms with Gasteiger partial charge in [0.1, 0.15) is 12.7 Å². The minimum absolute atomic E-state index is 0.0106. The van der Waals surface area contributed by atoms with E-state index >= 15 is 0 Å². The second kappa shape index (κ2) is 13.9. The van der Waals surface area contributed by atoms with Crippen LogP contribution in [-0.2, 0) is 51.1 Å². The molecule has 2 aromatic rings. The molecule has 1 saturated heterocycles. The first kappa shape index (κ1) is 39.9. The summed E-state index contributed by atoms with van der Waals surface area (Å²) in [5, 5.41) is 3.39. The van der Waals surface area contributed by atoms with Gasteiger partial charge in [-0.3, -0.25) is 18.7 Å². The van der Waals surface area contributed by atoms with Crippen LogP contribution in [0.3, 0.4) is 0 Å². The van der Waals surface area contributed by atoms with E-state index in [4.69, 9.17) is 22.5 Å². The zero-order valence-corrected chi connectivity index (χ0v) is 34.1. The zero-order chi connectivity index (χ0) is 37.7. The topological polar surface area (TPSA) is 153 Å². The van der Waals surface area contributed by atoms with Gasteiger partial charge in [0.2, 0.25) is 5.60 Å². The van der Waals surface area contributed by atoms with Gasteiger partial charge in [-0.2, -0.15) is 8.42 Å². The Balaban J connectivity index is 1.84. The molecule has 2 aliphatic rings. The van der Waals surface area contributed by atoms with Crippen LogP contribution in [0, 0.1) is 6.92 Å². The molecule has 278 valence electrons. The molecule has 1 fully saturated rings. The summed E-state index contributed by atoms with van der Waals surface area (Å²) in [7, 11) is -8.54. The largest absolute Gasteiger partial charge is 0.461 e. The third-order valence-electron chi connectivity index (χ3n) is 10.3. The number of nitrogens with one attached hydrogen (secondary N) is 1. The molecule has 50 heavy (non-hydrogen) atoms. The first-order valence-corrected chi connectivity index (χ1v) is 24.0. The average Bonchev–Trinajstić information content (AvgIpc) is 3.43. The molecular weight excluding hydrogens is 699 g/mol. The molecule has 0 aliphatic carbocycles. The third kappa shape index (κ3) is 7.95. The summed E-state index contributed by atoms with van der Waals surface area (Å²) >= 11 is 0. The van der Waals surface area contributed by atoms with E-state index < -0.39 is 68.2 Å². The van der Waals surface area contributed by atoms with Crippen molar-refractivity contribution in [1.29, 1.82) is 0 Å². The molecular formula is C34H53N3O10SSi2.